The van der Waals surface area contributed by atoms with Crippen molar-refractivity contribution in [1.82, 2.24) is 14.7 Å². The number of rotatable bonds is 5. The first-order valence-corrected chi connectivity index (χ1v) is 8.28. The van der Waals surface area contributed by atoms with Gasteiger partial charge >= 0.3 is 0 Å². The zero-order chi connectivity index (χ0) is 18.5. The third-order valence-electron chi connectivity index (χ3n) is 4.19. The van der Waals surface area contributed by atoms with Gasteiger partial charge in [0.2, 0.25) is 5.91 Å². The normalized spacial score (nSPS) is 14.2. The van der Waals surface area contributed by atoms with Gasteiger partial charge in [0, 0.05) is 24.7 Å². The minimum Gasteiger partial charge on any atom is -0.493 e. The van der Waals surface area contributed by atoms with Crippen molar-refractivity contribution < 1.29 is 19.0 Å². The van der Waals surface area contributed by atoms with Crippen LogP contribution in [-0.4, -0.2) is 61.1 Å². The van der Waals surface area contributed by atoms with Gasteiger partial charge in [-0.1, -0.05) is 0 Å². The molecule has 0 N–H and O–H groups in total. The summed E-state index contributed by atoms with van der Waals surface area (Å²) in [6, 6.07) is 8.40. The van der Waals surface area contributed by atoms with E-state index >= 15 is 0 Å². The van der Waals surface area contributed by atoms with Crippen LogP contribution in [0.15, 0.2) is 35.1 Å². The Morgan fingerprint density at radius 3 is 2.54 bits per heavy atom. The number of benzene rings is 1. The van der Waals surface area contributed by atoms with Crippen LogP contribution in [0.2, 0.25) is 0 Å². The van der Waals surface area contributed by atoms with E-state index in [9.17, 15) is 9.59 Å². The maximum absolute atomic E-state index is 12.4. The Bertz CT molecular complexity index is 843. The van der Waals surface area contributed by atoms with E-state index in [0.717, 1.165) is 5.56 Å². The van der Waals surface area contributed by atoms with Crippen molar-refractivity contribution in [2.45, 2.75) is 6.54 Å². The van der Waals surface area contributed by atoms with E-state index in [1.165, 1.54) is 10.7 Å². The fraction of sp³-hybridized carbons (Fsp3) is 0.389. The molecule has 1 aliphatic heterocycles. The number of carbonyl (C=O) groups excluding carboxylic acids is 1. The summed E-state index contributed by atoms with van der Waals surface area (Å²) in [7, 11) is 3.12. The van der Waals surface area contributed by atoms with Crippen molar-refractivity contribution in [3.63, 3.8) is 0 Å². The summed E-state index contributed by atoms with van der Waals surface area (Å²) in [5, 5.41) is 4.34. The average Bonchev–Trinajstić information content (AvgIpc) is 2.69. The summed E-state index contributed by atoms with van der Waals surface area (Å²) in [4.78, 5) is 26.2. The largest absolute Gasteiger partial charge is 0.493 e. The Morgan fingerprint density at radius 1 is 1.12 bits per heavy atom. The second-order valence-corrected chi connectivity index (χ2v) is 5.78. The summed E-state index contributed by atoms with van der Waals surface area (Å²) >= 11 is 0. The van der Waals surface area contributed by atoms with Gasteiger partial charge in [-0.25, -0.2) is 4.68 Å². The number of nitrogens with zero attached hydrogens (tertiary/aromatic N) is 3. The smallest absolute Gasteiger partial charge is 0.267 e. The molecular formula is C18H21N3O5. The van der Waals surface area contributed by atoms with Crippen molar-refractivity contribution in [3.8, 4) is 22.8 Å². The lowest BCUT2D eigenvalue weighted by Gasteiger charge is -2.26. The van der Waals surface area contributed by atoms with E-state index in [-0.39, 0.29) is 18.0 Å². The van der Waals surface area contributed by atoms with Crippen LogP contribution in [0, 0.1) is 0 Å². The van der Waals surface area contributed by atoms with E-state index in [1.54, 1.807) is 37.3 Å². The molecule has 2 heterocycles. The Hall–Kier alpha value is -2.87. The summed E-state index contributed by atoms with van der Waals surface area (Å²) in [6.07, 6.45) is 0. The number of methoxy groups -OCH3 is 2. The molecule has 1 aromatic heterocycles. The molecule has 1 amide bonds. The topological polar surface area (TPSA) is 82.9 Å². The molecule has 26 heavy (non-hydrogen) atoms. The number of morpholine rings is 1. The Kier molecular flexibility index (Phi) is 5.52. The predicted molar refractivity (Wildman–Crippen MR) is 94.4 cm³/mol. The maximum Gasteiger partial charge on any atom is 0.267 e. The molecule has 0 bridgehead atoms. The van der Waals surface area contributed by atoms with Gasteiger partial charge < -0.3 is 19.1 Å². The summed E-state index contributed by atoms with van der Waals surface area (Å²) in [5.41, 5.74) is 1.01. The average molecular weight is 359 g/mol. The molecule has 3 rings (SSSR count). The highest BCUT2D eigenvalue weighted by molar-refractivity contribution is 5.76. The van der Waals surface area contributed by atoms with Gasteiger partial charge in [-0.2, -0.15) is 5.10 Å². The molecule has 0 unspecified atom stereocenters. The SMILES string of the molecule is COc1ccc(-c2ccc(=O)n(CC(=O)N3CCOCC3)n2)cc1OC. The zero-order valence-corrected chi connectivity index (χ0v) is 14.8. The van der Waals surface area contributed by atoms with Crippen molar-refractivity contribution >= 4 is 5.91 Å². The fourth-order valence-corrected chi connectivity index (χ4v) is 2.75. The van der Waals surface area contributed by atoms with Crippen LogP contribution >= 0.6 is 0 Å². The fourth-order valence-electron chi connectivity index (χ4n) is 2.75. The minimum absolute atomic E-state index is 0.0973. The first-order valence-electron chi connectivity index (χ1n) is 8.28. The van der Waals surface area contributed by atoms with Gasteiger partial charge in [0.25, 0.3) is 5.56 Å². The number of aromatic nitrogens is 2. The van der Waals surface area contributed by atoms with Gasteiger partial charge in [-0.05, 0) is 24.3 Å². The molecular weight excluding hydrogens is 338 g/mol. The van der Waals surface area contributed by atoms with Gasteiger partial charge in [-0.3, -0.25) is 9.59 Å². The summed E-state index contributed by atoms with van der Waals surface area (Å²) in [6.45, 7) is 1.99. The lowest BCUT2D eigenvalue weighted by atomic mass is 10.1. The van der Waals surface area contributed by atoms with E-state index in [1.807, 2.05) is 6.07 Å². The van der Waals surface area contributed by atoms with Crippen LogP contribution in [0.25, 0.3) is 11.3 Å². The first-order chi connectivity index (χ1) is 12.6. The Balaban J connectivity index is 1.85. The third kappa shape index (κ3) is 3.85. The number of hydrogen-bond acceptors (Lipinski definition) is 6. The molecule has 0 spiro atoms. The second-order valence-electron chi connectivity index (χ2n) is 5.78. The van der Waals surface area contributed by atoms with Crippen LogP contribution in [0.5, 0.6) is 11.5 Å². The van der Waals surface area contributed by atoms with E-state index in [4.69, 9.17) is 14.2 Å². The number of amides is 1. The molecule has 0 aliphatic carbocycles. The Morgan fingerprint density at radius 2 is 1.85 bits per heavy atom. The number of hydrogen-bond donors (Lipinski definition) is 0. The van der Waals surface area contributed by atoms with E-state index in [2.05, 4.69) is 5.10 Å². The second kappa shape index (κ2) is 8.01. The van der Waals surface area contributed by atoms with Crippen molar-refractivity contribution in [2.75, 3.05) is 40.5 Å². The molecule has 1 fully saturated rings. The first kappa shape index (κ1) is 17.9. The van der Waals surface area contributed by atoms with E-state index < -0.39 is 0 Å². The summed E-state index contributed by atoms with van der Waals surface area (Å²) < 4.78 is 17.0. The van der Waals surface area contributed by atoms with Crippen molar-refractivity contribution in [3.05, 3.63) is 40.7 Å². The van der Waals surface area contributed by atoms with Gasteiger partial charge in [-0.15, -0.1) is 0 Å². The highest BCUT2D eigenvalue weighted by Crippen LogP contribution is 2.31. The van der Waals surface area contributed by atoms with Gasteiger partial charge in [0.05, 0.1) is 33.1 Å². The van der Waals surface area contributed by atoms with Crippen molar-refractivity contribution in [1.29, 1.82) is 0 Å². The predicted octanol–water partition coefficient (Wildman–Crippen LogP) is 0.786. The minimum atomic E-state index is -0.323. The molecule has 1 aromatic carbocycles. The molecule has 2 aromatic rings. The molecule has 0 atom stereocenters. The van der Waals surface area contributed by atoms with Crippen LogP contribution in [0.3, 0.4) is 0 Å². The monoisotopic (exact) mass is 359 g/mol. The highest BCUT2D eigenvalue weighted by Gasteiger charge is 2.18. The molecule has 0 radical (unpaired) electrons. The highest BCUT2D eigenvalue weighted by atomic mass is 16.5. The number of ether oxygens (including phenoxy) is 3. The molecule has 8 heteroatoms. The van der Waals surface area contributed by atoms with Crippen LogP contribution < -0.4 is 15.0 Å². The zero-order valence-electron chi connectivity index (χ0n) is 14.8. The quantitative estimate of drug-likeness (QED) is 0.785. The molecule has 1 saturated heterocycles. The number of carbonyl (C=O) groups is 1. The third-order valence-corrected chi connectivity index (χ3v) is 4.19. The van der Waals surface area contributed by atoms with Crippen LogP contribution in [0.1, 0.15) is 0 Å². The van der Waals surface area contributed by atoms with Crippen LogP contribution in [0.4, 0.5) is 0 Å². The standard InChI is InChI=1S/C18H21N3O5/c1-24-15-5-3-13(11-16(15)25-2)14-4-6-17(22)21(19-14)12-18(23)20-7-9-26-10-8-20/h3-6,11H,7-10,12H2,1-2H3. The van der Waals surface area contributed by atoms with E-state index in [0.29, 0.717) is 43.5 Å². The molecule has 138 valence electrons. The van der Waals surface area contributed by atoms with Crippen molar-refractivity contribution in [2.24, 2.45) is 0 Å². The van der Waals surface area contributed by atoms with Gasteiger partial charge in [0.1, 0.15) is 6.54 Å². The Labute approximate surface area is 150 Å². The maximum atomic E-state index is 12.4. The van der Waals surface area contributed by atoms with Gasteiger partial charge in [0.15, 0.2) is 11.5 Å². The van der Waals surface area contributed by atoms with Crippen LogP contribution in [-0.2, 0) is 16.1 Å². The lowest BCUT2D eigenvalue weighted by Crippen LogP contribution is -2.43. The molecule has 0 saturated carbocycles. The summed E-state index contributed by atoms with van der Waals surface area (Å²) in [5.74, 6) is 1.02. The molecule has 8 nitrogen and oxygen atoms in total. The molecule has 1 aliphatic rings. The lowest BCUT2D eigenvalue weighted by molar-refractivity contribution is -0.136.